The number of alkyl halides is 3. The van der Waals surface area contributed by atoms with Crippen molar-refractivity contribution in [2.45, 2.75) is 25.9 Å². The number of benzene rings is 1. The van der Waals surface area contributed by atoms with Crippen LogP contribution in [0.1, 0.15) is 36.6 Å². The summed E-state index contributed by atoms with van der Waals surface area (Å²) in [5.41, 5.74) is 1.17. The molecule has 0 fully saturated rings. The number of hydrogen-bond donors (Lipinski definition) is 0. The fourth-order valence-corrected chi connectivity index (χ4v) is 2.56. The summed E-state index contributed by atoms with van der Waals surface area (Å²) in [5, 5.41) is 13.6. The van der Waals surface area contributed by atoms with Gasteiger partial charge in [0, 0.05) is 24.7 Å². The number of nitriles is 1. The Hall–Kier alpha value is -3.34. The summed E-state index contributed by atoms with van der Waals surface area (Å²) in [4.78, 5) is 4.34. The van der Waals surface area contributed by atoms with E-state index in [4.69, 9.17) is 4.74 Å². The van der Waals surface area contributed by atoms with Crippen LogP contribution < -0.4 is 4.74 Å². The highest BCUT2D eigenvalue weighted by molar-refractivity contribution is 5.62. The number of ether oxygens (including phenoxy) is 1. The van der Waals surface area contributed by atoms with Crippen LogP contribution in [-0.4, -0.2) is 14.8 Å². The van der Waals surface area contributed by atoms with Gasteiger partial charge in [-0.05, 0) is 24.1 Å². The number of hydrogen-bond acceptors (Lipinski definition) is 4. The van der Waals surface area contributed by atoms with Crippen molar-refractivity contribution < 1.29 is 17.9 Å². The lowest BCUT2D eigenvalue weighted by molar-refractivity contribution is -0.137. The minimum atomic E-state index is -4.41. The highest BCUT2D eigenvalue weighted by Gasteiger charge is 2.30. The SMILES string of the molecule is CC(C)c1cc(Oc2cc(C#N)cc(-c3ccc(C(F)(F)F)cc3)n2)n(C)n1. The molecule has 0 N–H and O–H groups in total. The van der Waals surface area contributed by atoms with Crippen molar-refractivity contribution in [3.63, 3.8) is 0 Å². The van der Waals surface area contributed by atoms with E-state index in [1.54, 1.807) is 17.8 Å². The van der Waals surface area contributed by atoms with Crippen LogP contribution in [0.2, 0.25) is 0 Å². The van der Waals surface area contributed by atoms with Gasteiger partial charge in [-0.1, -0.05) is 26.0 Å². The van der Waals surface area contributed by atoms with Crippen LogP contribution in [0.25, 0.3) is 11.3 Å². The average molecular weight is 386 g/mol. The predicted octanol–water partition coefficient (Wildman–Crippen LogP) is 5.29. The molecule has 8 heteroatoms. The summed E-state index contributed by atoms with van der Waals surface area (Å²) in [7, 11) is 1.73. The van der Waals surface area contributed by atoms with E-state index in [-0.39, 0.29) is 17.4 Å². The van der Waals surface area contributed by atoms with Crippen molar-refractivity contribution in [1.29, 1.82) is 5.26 Å². The van der Waals surface area contributed by atoms with Crippen LogP contribution in [0.4, 0.5) is 13.2 Å². The third-order valence-corrected chi connectivity index (χ3v) is 4.10. The van der Waals surface area contributed by atoms with Crippen LogP contribution in [0, 0.1) is 11.3 Å². The second kappa shape index (κ2) is 7.35. The molecule has 0 aliphatic carbocycles. The molecule has 0 radical (unpaired) electrons. The summed E-state index contributed by atoms with van der Waals surface area (Å²) in [6.45, 7) is 4.01. The first-order chi connectivity index (χ1) is 13.2. The zero-order valence-electron chi connectivity index (χ0n) is 15.4. The third kappa shape index (κ3) is 4.14. The smallest absolute Gasteiger partial charge is 0.416 e. The third-order valence-electron chi connectivity index (χ3n) is 4.10. The van der Waals surface area contributed by atoms with Crippen LogP contribution in [0.5, 0.6) is 11.8 Å². The Kier molecular flexibility index (Phi) is 5.10. The average Bonchev–Trinajstić information content (AvgIpc) is 3.01. The molecule has 0 saturated carbocycles. The maximum absolute atomic E-state index is 12.8. The molecule has 1 aromatic carbocycles. The van der Waals surface area contributed by atoms with Crippen LogP contribution in [0.3, 0.4) is 0 Å². The molecule has 0 aliphatic heterocycles. The first-order valence-corrected chi connectivity index (χ1v) is 8.49. The molecule has 0 bridgehead atoms. The maximum Gasteiger partial charge on any atom is 0.416 e. The Labute approximate surface area is 160 Å². The van der Waals surface area contributed by atoms with Crippen molar-refractivity contribution in [2.75, 3.05) is 0 Å². The molecule has 0 atom stereocenters. The predicted molar refractivity (Wildman–Crippen MR) is 96.8 cm³/mol. The van der Waals surface area contributed by atoms with Crippen molar-refractivity contribution in [3.05, 3.63) is 59.3 Å². The zero-order valence-corrected chi connectivity index (χ0v) is 15.4. The summed E-state index contributed by atoms with van der Waals surface area (Å²) in [5.74, 6) is 0.821. The van der Waals surface area contributed by atoms with Gasteiger partial charge in [0.1, 0.15) is 0 Å². The molecular weight excluding hydrogens is 369 g/mol. The van der Waals surface area contributed by atoms with Crippen molar-refractivity contribution in [3.8, 4) is 29.1 Å². The van der Waals surface area contributed by atoms with Gasteiger partial charge < -0.3 is 4.74 Å². The molecule has 0 unspecified atom stereocenters. The van der Waals surface area contributed by atoms with Crippen LogP contribution >= 0.6 is 0 Å². The summed E-state index contributed by atoms with van der Waals surface area (Å²) < 4.78 is 45.6. The van der Waals surface area contributed by atoms with Gasteiger partial charge in [0.05, 0.1) is 28.6 Å². The van der Waals surface area contributed by atoms with Crippen molar-refractivity contribution >= 4 is 0 Å². The molecule has 0 spiro atoms. The van der Waals surface area contributed by atoms with Gasteiger partial charge in [0.25, 0.3) is 0 Å². The summed E-state index contributed by atoms with van der Waals surface area (Å²) in [6, 6.07) is 11.4. The molecule has 0 saturated heterocycles. The summed E-state index contributed by atoms with van der Waals surface area (Å²) in [6.07, 6.45) is -4.41. The molecule has 3 aromatic rings. The number of aryl methyl sites for hydroxylation is 1. The van der Waals surface area contributed by atoms with Gasteiger partial charge in [-0.15, -0.1) is 0 Å². The van der Waals surface area contributed by atoms with Gasteiger partial charge in [-0.2, -0.15) is 23.5 Å². The lowest BCUT2D eigenvalue weighted by atomic mass is 10.1. The second-order valence-electron chi connectivity index (χ2n) is 6.55. The van der Waals surface area contributed by atoms with E-state index >= 15 is 0 Å². The standard InChI is InChI=1S/C20H17F3N4O/c1-12(2)16-10-19(27(3)26-16)28-18-9-13(11-24)8-17(25-18)14-4-6-15(7-5-14)20(21,22)23/h4-10,12H,1-3H3. The van der Waals surface area contributed by atoms with E-state index in [0.29, 0.717) is 17.1 Å². The quantitative estimate of drug-likeness (QED) is 0.611. The maximum atomic E-state index is 12.8. The number of nitrogens with zero attached hydrogens (tertiary/aromatic N) is 4. The number of rotatable bonds is 4. The van der Waals surface area contributed by atoms with Gasteiger partial charge in [-0.3, -0.25) is 0 Å². The fraction of sp³-hybridized carbons (Fsp3) is 0.250. The molecule has 2 heterocycles. The Morgan fingerprint density at radius 2 is 1.79 bits per heavy atom. The minimum Gasteiger partial charge on any atom is -0.421 e. The largest absolute Gasteiger partial charge is 0.421 e. The molecule has 144 valence electrons. The first kappa shape index (κ1) is 19.4. The zero-order chi connectivity index (χ0) is 20.5. The fourth-order valence-electron chi connectivity index (χ4n) is 2.56. The highest BCUT2D eigenvalue weighted by Crippen LogP contribution is 2.32. The van der Waals surface area contributed by atoms with Crippen LogP contribution in [-0.2, 0) is 13.2 Å². The molecule has 3 rings (SSSR count). The topological polar surface area (TPSA) is 63.7 Å². The highest BCUT2D eigenvalue weighted by atomic mass is 19.4. The van der Waals surface area contributed by atoms with Crippen molar-refractivity contribution in [1.82, 2.24) is 14.8 Å². The first-order valence-electron chi connectivity index (χ1n) is 8.49. The molecule has 2 aromatic heterocycles. The number of aromatic nitrogens is 3. The Morgan fingerprint density at radius 1 is 1.11 bits per heavy atom. The monoisotopic (exact) mass is 386 g/mol. The lowest BCUT2D eigenvalue weighted by Crippen LogP contribution is -2.04. The lowest BCUT2D eigenvalue weighted by Gasteiger charge is -2.09. The summed E-state index contributed by atoms with van der Waals surface area (Å²) >= 11 is 0. The normalized spacial score (nSPS) is 11.5. The van der Waals surface area contributed by atoms with E-state index in [1.165, 1.54) is 24.3 Å². The molecule has 0 aliphatic rings. The second-order valence-corrected chi connectivity index (χ2v) is 6.55. The number of halogens is 3. The van der Waals surface area contributed by atoms with E-state index in [9.17, 15) is 18.4 Å². The molecule has 28 heavy (non-hydrogen) atoms. The molecule has 0 amide bonds. The van der Waals surface area contributed by atoms with Crippen molar-refractivity contribution in [2.24, 2.45) is 7.05 Å². The number of pyridine rings is 1. The van der Waals surface area contributed by atoms with E-state index in [2.05, 4.69) is 10.1 Å². The van der Waals surface area contributed by atoms with Crippen LogP contribution in [0.15, 0.2) is 42.5 Å². The Bertz CT molecular complexity index is 1030. The molecule has 5 nitrogen and oxygen atoms in total. The van der Waals surface area contributed by atoms with E-state index < -0.39 is 11.7 Å². The minimum absolute atomic E-state index is 0.159. The van der Waals surface area contributed by atoms with E-state index in [0.717, 1.165) is 17.8 Å². The Morgan fingerprint density at radius 3 is 2.32 bits per heavy atom. The Balaban J connectivity index is 1.96. The van der Waals surface area contributed by atoms with Gasteiger partial charge >= 0.3 is 6.18 Å². The van der Waals surface area contributed by atoms with Gasteiger partial charge in [0.2, 0.25) is 11.8 Å². The molecular formula is C20H17F3N4O. The van der Waals surface area contributed by atoms with E-state index in [1.807, 2.05) is 19.9 Å². The van der Waals surface area contributed by atoms with Gasteiger partial charge in [0.15, 0.2) is 0 Å². The van der Waals surface area contributed by atoms with Gasteiger partial charge in [-0.25, -0.2) is 9.67 Å².